The lowest BCUT2D eigenvalue weighted by Gasteiger charge is -2.35. The van der Waals surface area contributed by atoms with Crippen molar-refractivity contribution in [3.05, 3.63) is 15.6 Å². The van der Waals surface area contributed by atoms with Crippen molar-refractivity contribution in [1.29, 1.82) is 0 Å². The molecule has 1 aromatic heterocycles. The largest absolute Gasteiger partial charge is 0.335 e. The molecule has 1 aliphatic heterocycles. The Bertz CT molecular complexity index is 431. The minimum Gasteiger partial charge on any atom is -0.335 e. The quantitative estimate of drug-likeness (QED) is 0.798. The summed E-state index contributed by atoms with van der Waals surface area (Å²) < 4.78 is 0. The molecule has 0 aromatic carbocycles. The first kappa shape index (κ1) is 13.8. The molecule has 0 radical (unpaired) electrons. The number of halogens is 1. The number of aromatic nitrogens is 1. The monoisotopic (exact) mass is 286 g/mol. The van der Waals surface area contributed by atoms with E-state index < -0.39 is 0 Å². The molecule has 0 saturated carbocycles. The van der Waals surface area contributed by atoms with Crippen LogP contribution in [0.1, 0.15) is 46.1 Å². The van der Waals surface area contributed by atoms with Crippen molar-refractivity contribution in [2.75, 3.05) is 12.4 Å². The third-order valence-corrected chi connectivity index (χ3v) is 4.71. The molecule has 100 valence electrons. The van der Waals surface area contributed by atoms with Crippen LogP contribution in [0.5, 0.6) is 0 Å². The molecule has 2 rings (SSSR count). The van der Waals surface area contributed by atoms with Crippen LogP contribution in [-0.4, -0.2) is 34.3 Å². The summed E-state index contributed by atoms with van der Waals surface area (Å²) in [5.41, 5.74) is 0.859. The van der Waals surface area contributed by atoms with Gasteiger partial charge < -0.3 is 4.90 Å². The van der Waals surface area contributed by atoms with Gasteiger partial charge in [0.25, 0.3) is 5.91 Å². The van der Waals surface area contributed by atoms with Crippen LogP contribution < -0.4 is 0 Å². The van der Waals surface area contributed by atoms with Gasteiger partial charge in [0.1, 0.15) is 4.88 Å². The van der Waals surface area contributed by atoms with Gasteiger partial charge in [0.2, 0.25) is 0 Å². The lowest BCUT2D eigenvalue weighted by molar-refractivity contribution is 0.0613. The molecular formula is C13H19ClN2OS. The van der Waals surface area contributed by atoms with Gasteiger partial charge >= 0.3 is 0 Å². The summed E-state index contributed by atoms with van der Waals surface area (Å²) in [6.07, 6.45) is 4.27. The number of nitrogens with zero attached hydrogens (tertiary/aromatic N) is 2. The molecule has 1 aliphatic rings. The van der Waals surface area contributed by atoms with Crippen molar-refractivity contribution >= 4 is 28.8 Å². The molecule has 0 aliphatic carbocycles. The molecule has 5 heteroatoms. The van der Waals surface area contributed by atoms with E-state index in [1.54, 1.807) is 0 Å². The molecule has 1 aromatic rings. The Morgan fingerprint density at radius 1 is 1.50 bits per heavy atom. The Morgan fingerprint density at radius 2 is 2.28 bits per heavy atom. The van der Waals surface area contributed by atoms with E-state index in [1.165, 1.54) is 17.8 Å². The Balaban J connectivity index is 2.18. The highest BCUT2D eigenvalue weighted by Crippen LogP contribution is 2.26. The highest BCUT2D eigenvalue weighted by molar-refractivity contribution is 7.13. The Morgan fingerprint density at radius 3 is 2.89 bits per heavy atom. The summed E-state index contributed by atoms with van der Waals surface area (Å²) in [7, 11) is 0. The van der Waals surface area contributed by atoms with E-state index in [9.17, 15) is 4.79 Å². The Labute approximate surface area is 117 Å². The van der Waals surface area contributed by atoms with Gasteiger partial charge in [-0.25, -0.2) is 4.98 Å². The number of hydrogen-bond donors (Lipinski definition) is 0. The summed E-state index contributed by atoms with van der Waals surface area (Å²) in [6, 6.07) is 0.311. The van der Waals surface area contributed by atoms with E-state index in [0.29, 0.717) is 11.9 Å². The molecule has 0 spiro atoms. The number of carbonyl (C=O) groups is 1. The number of aryl methyl sites for hydroxylation is 2. The van der Waals surface area contributed by atoms with Crippen molar-refractivity contribution in [2.45, 2.75) is 45.6 Å². The van der Waals surface area contributed by atoms with Crippen LogP contribution >= 0.6 is 22.9 Å². The lowest BCUT2D eigenvalue weighted by atomic mass is 9.99. The highest BCUT2D eigenvalue weighted by Gasteiger charge is 2.29. The molecule has 2 heterocycles. The van der Waals surface area contributed by atoms with Gasteiger partial charge in [-0.2, -0.15) is 0 Å². The zero-order valence-electron chi connectivity index (χ0n) is 10.9. The number of alkyl halides is 1. The normalized spacial score (nSPS) is 20.2. The molecule has 1 amide bonds. The van der Waals surface area contributed by atoms with Gasteiger partial charge in [-0.15, -0.1) is 22.9 Å². The van der Waals surface area contributed by atoms with Gasteiger partial charge in [-0.3, -0.25) is 4.79 Å². The molecule has 1 unspecified atom stereocenters. The number of amides is 1. The SMILES string of the molecule is Cc1nc(C)c(C(=O)N2CCCCC2CCCl)s1. The van der Waals surface area contributed by atoms with Gasteiger partial charge in [-0.1, -0.05) is 0 Å². The fourth-order valence-corrected chi connectivity index (χ4v) is 3.68. The molecular weight excluding hydrogens is 268 g/mol. The van der Waals surface area contributed by atoms with Crippen molar-refractivity contribution in [3.63, 3.8) is 0 Å². The average Bonchev–Trinajstić information content (AvgIpc) is 2.69. The summed E-state index contributed by atoms with van der Waals surface area (Å²) in [5.74, 6) is 0.766. The zero-order valence-corrected chi connectivity index (χ0v) is 12.5. The van der Waals surface area contributed by atoms with E-state index in [-0.39, 0.29) is 5.91 Å². The molecule has 3 nitrogen and oxygen atoms in total. The van der Waals surface area contributed by atoms with E-state index in [2.05, 4.69) is 4.98 Å². The zero-order chi connectivity index (χ0) is 13.1. The number of likely N-dealkylation sites (tertiary alicyclic amines) is 1. The second-order valence-corrected chi connectivity index (χ2v) is 6.35. The first-order chi connectivity index (χ1) is 8.63. The third-order valence-electron chi connectivity index (χ3n) is 3.43. The van der Waals surface area contributed by atoms with E-state index >= 15 is 0 Å². The molecule has 1 saturated heterocycles. The average molecular weight is 287 g/mol. The molecule has 1 atom stereocenters. The van der Waals surface area contributed by atoms with Crippen LogP contribution in [0, 0.1) is 13.8 Å². The minimum absolute atomic E-state index is 0.146. The minimum atomic E-state index is 0.146. The van der Waals surface area contributed by atoms with Crippen LogP contribution in [0.15, 0.2) is 0 Å². The third kappa shape index (κ3) is 2.86. The smallest absolute Gasteiger partial charge is 0.266 e. The van der Waals surface area contributed by atoms with E-state index in [1.807, 2.05) is 18.7 Å². The van der Waals surface area contributed by atoms with Gasteiger partial charge in [0.05, 0.1) is 10.7 Å². The number of thiazole rings is 1. The van der Waals surface area contributed by atoms with Crippen LogP contribution in [0.3, 0.4) is 0 Å². The molecule has 0 bridgehead atoms. The summed E-state index contributed by atoms with van der Waals surface area (Å²) in [5, 5.41) is 0.960. The number of rotatable bonds is 3. The molecule has 18 heavy (non-hydrogen) atoms. The molecule has 0 N–H and O–H groups in total. The van der Waals surface area contributed by atoms with Gasteiger partial charge in [0.15, 0.2) is 0 Å². The second-order valence-electron chi connectivity index (χ2n) is 4.77. The first-order valence-electron chi connectivity index (χ1n) is 6.44. The number of carbonyl (C=O) groups excluding carboxylic acids is 1. The fourth-order valence-electron chi connectivity index (χ4n) is 2.55. The Kier molecular flexibility index (Phi) is 4.62. The highest BCUT2D eigenvalue weighted by atomic mass is 35.5. The lowest BCUT2D eigenvalue weighted by Crippen LogP contribution is -2.43. The van der Waals surface area contributed by atoms with E-state index in [0.717, 1.165) is 41.4 Å². The first-order valence-corrected chi connectivity index (χ1v) is 7.79. The van der Waals surface area contributed by atoms with Crippen LogP contribution in [0.2, 0.25) is 0 Å². The van der Waals surface area contributed by atoms with Crippen LogP contribution in [-0.2, 0) is 0 Å². The van der Waals surface area contributed by atoms with E-state index in [4.69, 9.17) is 11.6 Å². The van der Waals surface area contributed by atoms with Crippen LogP contribution in [0.25, 0.3) is 0 Å². The molecule has 1 fully saturated rings. The number of piperidine rings is 1. The fraction of sp³-hybridized carbons (Fsp3) is 0.692. The van der Waals surface area contributed by atoms with Crippen molar-refractivity contribution in [2.24, 2.45) is 0 Å². The summed E-state index contributed by atoms with van der Waals surface area (Å²) in [6.45, 7) is 4.72. The summed E-state index contributed by atoms with van der Waals surface area (Å²) in [4.78, 5) is 19.7. The van der Waals surface area contributed by atoms with Crippen molar-refractivity contribution in [1.82, 2.24) is 9.88 Å². The predicted octanol–water partition coefficient (Wildman–Crippen LogP) is 3.38. The maximum Gasteiger partial charge on any atom is 0.266 e. The van der Waals surface area contributed by atoms with Gasteiger partial charge in [0, 0.05) is 18.5 Å². The summed E-state index contributed by atoms with van der Waals surface area (Å²) >= 11 is 7.34. The predicted molar refractivity (Wildman–Crippen MR) is 75.6 cm³/mol. The number of hydrogen-bond acceptors (Lipinski definition) is 3. The second kappa shape index (κ2) is 6.02. The maximum atomic E-state index is 12.6. The van der Waals surface area contributed by atoms with Crippen LogP contribution in [0.4, 0.5) is 0 Å². The maximum absolute atomic E-state index is 12.6. The Hall–Kier alpha value is -0.610. The van der Waals surface area contributed by atoms with Gasteiger partial charge in [-0.05, 0) is 39.5 Å². The van der Waals surface area contributed by atoms with Crippen molar-refractivity contribution < 1.29 is 4.79 Å². The topological polar surface area (TPSA) is 33.2 Å². The standard InChI is InChI=1S/C13H19ClN2OS/c1-9-12(18-10(2)15-9)13(17)16-8-4-3-5-11(16)6-7-14/h11H,3-8H2,1-2H3. The van der Waals surface area contributed by atoms with Crippen molar-refractivity contribution in [3.8, 4) is 0 Å².